The number of carbonyl (C=O) groups is 1. The van der Waals surface area contributed by atoms with Crippen molar-refractivity contribution in [3.63, 3.8) is 0 Å². The molecule has 4 nitrogen and oxygen atoms in total. The molecule has 0 unspecified atom stereocenters. The quantitative estimate of drug-likeness (QED) is 0.837. The van der Waals surface area contributed by atoms with Crippen LogP contribution in [0.5, 0.6) is 0 Å². The fraction of sp³-hybridized carbons (Fsp3) is 0.571. The first kappa shape index (κ1) is 14.3. The van der Waals surface area contributed by atoms with Crippen molar-refractivity contribution in [2.75, 3.05) is 6.61 Å². The molecular weight excluding hydrogens is 264 g/mol. The van der Waals surface area contributed by atoms with E-state index in [0.717, 1.165) is 25.7 Å². The molecule has 1 aliphatic rings. The molecule has 1 saturated carbocycles. The number of carbonyl (C=O) groups excluding carboxylic acids is 1. The average molecular weight is 283 g/mol. The lowest BCUT2D eigenvalue weighted by Gasteiger charge is -2.38. The Morgan fingerprint density at radius 1 is 1.58 bits per heavy atom. The molecule has 0 radical (unpaired) electrons. The van der Waals surface area contributed by atoms with E-state index in [2.05, 4.69) is 17.2 Å². The van der Waals surface area contributed by atoms with Crippen LogP contribution in [0.1, 0.15) is 43.0 Å². The summed E-state index contributed by atoms with van der Waals surface area (Å²) in [6.45, 7) is 2.18. The van der Waals surface area contributed by atoms with Gasteiger partial charge in [-0.15, -0.1) is 0 Å². The molecular formula is C14H19ClN2O2. The van der Waals surface area contributed by atoms with E-state index in [1.54, 1.807) is 6.07 Å². The van der Waals surface area contributed by atoms with Crippen LogP contribution in [-0.2, 0) is 0 Å². The second-order valence-electron chi connectivity index (χ2n) is 5.44. The molecule has 2 rings (SSSR count). The van der Waals surface area contributed by atoms with Gasteiger partial charge >= 0.3 is 0 Å². The summed E-state index contributed by atoms with van der Waals surface area (Å²) in [6.07, 6.45) is 5.19. The van der Waals surface area contributed by atoms with E-state index in [0.29, 0.717) is 16.6 Å². The fourth-order valence-corrected chi connectivity index (χ4v) is 2.67. The second-order valence-corrected chi connectivity index (χ2v) is 5.83. The third-order valence-electron chi connectivity index (χ3n) is 3.90. The van der Waals surface area contributed by atoms with Gasteiger partial charge in [0.25, 0.3) is 5.91 Å². The average Bonchev–Trinajstić information content (AvgIpc) is 2.42. The van der Waals surface area contributed by atoms with Crippen LogP contribution in [0, 0.1) is 5.92 Å². The zero-order valence-electron chi connectivity index (χ0n) is 11.0. The van der Waals surface area contributed by atoms with E-state index in [9.17, 15) is 9.90 Å². The Bertz CT molecular complexity index is 457. The molecule has 1 aromatic rings. The molecule has 0 atom stereocenters. The number of aliphatic hydroxyl groups is 1. The molecule has 1 amide bonds. The maximum atomic E-state index is 12.2. The number of rotatable bonds is 3. The molecule has 0 saturated heterocycles. The van der Waals surface area contributed by atoms with Gasteiger partial charge in [0.15, 0.2) is 0 Å². The van der Waals surface area contributed by atoms with Crippen molar-refractivity contribution in [2.45, 2.75) is 38.1 Å². The van der Waals surface area contributed by atoms with Gasteiger partial charge in [-0.1, -0.05) is 18.5 Å². The lowest BCUT2D eigenvalue weighted by atomic mass is 9.77. The Kier molecular flexibility index (Phi) is 4.42. The number of aliphatic hydroxyl groups excluding tert-OH is 1. The molecule has 104 valence electrons. The standard InChI is InChI=1S/C14H19ClN2O2/c1-10-2-5-14(9-18,6-3-10)17-13(19)11-4-7-16-12(15)8-11/h4,7-8,10,18H,2-3,5-6,9H2,1H3,(H,17,19). The van der Waals surface area contributed by atoms with Crippen molar-refractivity contribution in [1.82, 2.24) is 10.3 Å². The van der Waals surface area contributed by atoms with Crippen molar-refractivity contribution in [2.24, 2.45) is 5.92 Å². The van der Waals surface area contributed by atoms with Crippen LogP contribution in [-0.4, -0.2) is 28.1 Å². The smallest absolute Gasteiger partial charge is 0.251 e. The topological polar surface area (TPSA) is 62.2 Å². The lowest BCUT2D eigenvalue weighted by molar-refractivity contribution is 0.0717. The maximum absolute atomic E-state index is 12.2. The molecule has 0 spiro atoms. The largest absolute Gasteiger partial charge is 0.394 e. The van der Waals surface area contributed by atoms with E-state index in [4.69, 9.17) is 11.6 Å². The summed E-state index contributed by atoms with van der Waals surface area (Å²) in [5.41, 5.74) is -0.00857. The number of nitrogens with zero attached hydrogens (tertiary/aromatic N) is 1. The van der Waals surface area contributed by atoms with Crippen LogP contribution in [0.2, 0.25) is 5.15 Å². The minimum Gasteiger partial charge on any atom is -0.394 e. The number of nitrogens with one attached hydrogen (secondary N) is 1. The summed E-state index contributed by atoms with van der Waals surface area (Å²) < 4.78 is 0. The molecule has 1 heterocycles. The van der Waals surface area contributed by atoms with Gasteiger partial charge in [0.05, 0.1) is 12.1 Å². The van der Waals surface area contributed by atoms with Crippen molar-refractivity contribution in [1.29, 1.82) is 0 Å². The minimum atomic E-state index is -0.487. The molecule has 1 aromatic heterocycles. The number of aromatic nitrogens is 1. The van der Waals surface area contributed by atoms with Gasteiger partial charge in [0.2, 0.25) is 0 Å². The maximum Gasteiger partial charge on any atom is 0.251 e. The first-order valence-electron chi connectivity index (χ1n) is 6.60. The highest BCUT2D eigenvalue weighted by atomic mass is 35.5. The van der Waals surface area contributed by atoms with Gasteiger partial charge in [0, 0.05) is 11.8 Å². The van der Waals surface area contributed by atoms with E-state index < -0.39 is 5.54 Å². The first-order chi connectivity index (χ1) is 9.04. The minimum absolute atomic E-state index is 0.0235. The van der Waals surface area contributed by atoms with Gasteiger partial charge in [0.1, 0.15) is 5.15 Å². The summed E-state index contributed by atoms with van der Waals surface area (Å²) in [5.74, 6) is 0.458. The molecule has 0 aromatic carbocycles. The van der Waals surface area contributed by atoms with Crippen molar-refractivity contribution in [3.05, 3.63) is 29.0 Å². The van der Waals surface area contributed by atoms with E-state index >= 15 is 0 Å². The third-order valence-corrected chi connectivity index (χ3v) is 4.11. The summed E-state index contributed by atoms with van der Waals surface area (Å²) in [6, 6.07) is 3.16. The Morgan fingerprint density at radius 3 is 2.84 bits per heavy atom. The molecule has 1 fully saturated rings. The van der Waals surface area contributed by atoms with Gasteiger partial charge in [-0.2, -0.15) is 0 Å². The lowest BCUT2D eigenvalue weighted by Crippen LogP contribution is -2.53. The number of amides is 1. The predicted molar refractivity (Wildman–Crippen MR) is 74.2 cm³/mol. The number of pyridine rings is 1. The van der Waals surface area contributed by atoms with Gasteiger partial charge in [-0.25, -0.2) is 4.98 Å². The highest BCUT2D eigenvalue weighted by Gasteiger charge is 2.35. The number of hydrogen-bond acceptors (Lipinski definition) is 3. The van der Waals surface area contributed by atoms with E-state index in [1.165, 1.54) is 12.3 Å². The Hall–Kier alpha value is -1.13. The Balaban J connectivity index is 2.08. The molecule has 2 N–H and O–H groups in total. The van der Waals surface area contributed by atoms with Gasteiger partial charge in [-0.05, 0) is 43.7 Å². The number of hydrogen-bond donors (Lipinski definition) is 2. The van der Waals surface area contributed by atoms with E-state index in [-0.39, 0.29) is 12.5 Å². The Labute approximate surface area is 118 Å². The third kappa shape index (κ3) is 3.45. The predicted octanol–water partition coefficient (Wildman–Crippen LogP) is 2.41. The van der Waals surface area contributed by atoms with Crippen molar-refractivity contribution < 1.29 is 9.90 Å². The Morgan fingerprint density at radius 2 is 2.26 bits per heavy atom. The second kappa shape index (κ2) is 5.88. The summed E-state index contributed by atoms with van der Waals surface area (Å²) >= 11 is 5.78. The molecule has 0 aliphatic heterocycles. The summed E-state index contributed by atoms with van der Waals surface area (Å²) in [5, 5.41) is 12.9. The zero-order valence-corrected chi connectivity index (χ0v) is 11.8. The summed E-state index contributed by atoms with van der Waals surface area (Å²) in [4.78, 5) is 16.1. The molecule has 0 bridgehead atoms. The van der Waals surface area contributed by atoms with Crippen molar-refractivity contribution in [3.8, 4) is 0 Å². The fourth-order valence-electron chi connectivity index (χ4n) is 2.49. The first-order valence-corrected chi connectivity index (χ1v) is 6.97. The van der Waals surface area contributed by atoms with Crippen LogP contribution < -0.4 is 5.32 Å². The highest BCUT2D eigenvalue weighted by molar-refractivity contribution is 6.29. The van der Waals surface area contributed by atoms with Crippen LogP contribution in [0.15, 0.2) is 18.3 Å². The van der Waals surface area contributed by atoms with E-state index in [1.807, 2.05) is 0 Å². The van der Waals surface area contributed by atoms with Crippen LogP contribution >= 0.6 is 11.6 Å². The van der Waals surface area contributed by atoms with Crippen LogP contribution in [0.4, 0.5) is 0 Å². The molecule has 5 heteroatoms. The van der Waals surface area contributed by atoms with Crippen molar-refractivity contribution >= 4 is 17.5 Å². The van der Waals surface area contributed by atoms with Crippen LogP contribution in [0.25, 0.3) is 0 Å². The zero-order chi connectivity index (χ0) is 13.9. The number of halogens is 1. The van der Waals surface area contributed by atoms with Crippen LogP contribution in [0.3, 0.4) is 0 Å². The molecule has 19 heavy (non-hydrogen) atoms. The van der Waals surface area contributed by atoms with Gasteiger partial charge in [-0.3, -0.25) is 4.79 Å². The van der Waals surface area contributed by atoms with Gasteiger partial charge < -0.3 is 10.4 Å². The highest BCUT2D eigenvalue weighted by Crippen LogP contribution is 2.31. The molecule has 1 aliphatic carbocycles. The monoisotopic (exact) mass is 282 g/mol. The normalized spacial score (nSPS) is 27.0. The SMILES string of the molecule is CC1CCC(CO)(NC(=O)c2ccnc(Cl)c2)CC1. The summed E-state index contributed by atoms with van der Waals surface area (Å²) in [7, 11) is 0.